The van der Waals surface area contributed by atoms with Crippen molar-refractivity contribution in [2.24, 2.45) is 0 Å². The summed E-state index contributed by atoms with van der Waals surface area (Å²) in [7, 11) is 0. The van der Waals surface area contributed by atoms with Gasteiger partial charge in [-0.3, -0.25) is 14.4 Å². The molecule has 0 aromatic heterocycles. The molecule has 0 atom stereocenters. The van der Waals surface area contributed by atoms with E-state index in [1.54, 1.807) is 24.3 Å². The van der Waals surface area contributed by atoms with Crippen molar-refractivity contribution < 1.29 is 19.1 Å². The third-order valence-corrected chi connectivity index (χ3v) is 4.43. The van der Waals surface area contributed by atoms with Gasteiger partial charge in [-0.2, -0.15) is 0 Å². The summed E-state index contributed by atoms with van der Waals surface area (Å²) in [6.45, 7) is 0.983. The van der Waals surface area contributed by atoms with Crippen LogP contribution >= 0.6 is 0 Å². The van der Waals surface area contributed by atoms with Gasteiger partial charge in [0.05, 0.1) is 5.69 Å². The van der Waals surface area contributed by atoms with E-state index < -0.39 is 24.4 Å². The summed E-state index contributed by atoms with van der Waals surface area (Å²) in [4.78, 5) is 36.8. The second-order valence-corrected chi connectivity index (χ2v) is 6.51. The highest BCUT2D eigenvalue weighted by molar-refractivity contribution is 6.04. The van der Waals surface area contributed by atoms with Gasteiger partial charge in [-0.05, 0) is 30.2 Å². The topological polar surface area (TPSA) is 72.5 Å². The third-order valence-electron chi connectivity index (χ3n) is 4.43. The Morgan fingerprint density at radius 2 is 1.31 bits per heavy atom. The van der Waals surface area contributed by atoms with Gasteiger partial charge in [0.25, 0.3) is 5.91 Å². The SMILES string of the molecule is CC(=O)c1ccccc1NC(=O)COC(=O)C(c1ccccc1)c1ccccc1. The number of Topliss-reactive ketones (excluding diaryl/α,β-unsaturated/α-hetero) is 1. The van der Waals surface area contributed by atoms with Crippen LogP contribution in [0.25, 0.3) is 0 Å². The van der Waals surface area contributed by atoms with Crippen LogP contribution in [-0.2, 0) is 14.3 Å². The Labute approximate surface area is 169 Å². The first-order chi connectivity index (χ1) is 14.1. The standard InChI is InChI=1S/C24H21NO4/c1-17(26)20-14-8-9-15-21(20)25-22(27)16-29-24(28)23(18-10-4-2-5-11-18)19-12-6-3-7-13-19/h2-15,23H,16H2,1H3,(H,25,27). The molecule has 0 saturated heterocycles. The predicted octanol–water partition coefficient (Wildman–Crippen LogP) is 4.20. The molecule has 0 bridgehead atoms. The predicted molar refractivity (Wildman–Crippen MR) is 111 cm³/mol. The van der Waals surface area contributed by atoms with Crippen molar-refractivity contribution in [1.29, 1.82) is 0 Å². The van der Waals surface area contributed by atoms with E-state index in [1.165, 1.54) is 6.92 Å². The number of ketones is 1. The van der Waals surface area contributed by atoms with Crippen molar-refractivity contribution in [3.05, 3.63) is 102 Å². The van der Waals surface area contributed by atoms with Gasteiger partial charge < -0.3 is 10.1 Å². The van der Waals surface area contributed by atoms with Gasteiger partial charge in [-0.15, -0.1) is 0 Å². The number of benzene rings is 3. The summed E-state index contributed by atoms with van der Waals surface area (Å²) in [6.07, 6.45) is 0. The molecule has 0 aliphatic carbocycles. The van der Waals surface area contributed by atoms with E-state index in [2.05, 4.69) is 5.32 Å². The molecule has 1 N–H and O–H groups in total. The molecule has 3 rings (SSSR count). The molecule has 0 heterocycles. The highest BCUT2D eigenvalue weighted by atomic mass is 16.5. The van der Waals surface area contributed by atoms with E-state index in [4.69, 9.17) is 4.74 Å². The Hall–Kier alpha value is -3.73. The Balaban J connectivity index is 1.71. The minimum atomic E-state index is -0.630. The van der Waals surface area contributed by atoms with Crippen LogP contribution in [-0.4, -0.2) is 24.3 Å². The maximum atomic E-state index is 12.8. The Morgan fingerprint density at radius 1 is 0.793 bits per heavy atom. The van der Waals surface area contributed by atoms with Gasteiger partial charge >= 0.3 is 5.97 Å². The van der Waals surface area contributed by atoms with Gasteiger partial charge in [-0.25, -0.2) is 0 Å². The second-order valence-electron chi connectivity index (χ2n) is 6.51. The fraction of sp³-hybridized carbons (Fsp3) is 0.125. The molecule has 29 heavy (non-hydrogen) atoms. The molecule has 0 radical (unpaired) electrons. The summed E-state index contributed by atoms with van der Waals surface area (Å²) in [5.41, 5.74) is 2.36. The van der Waals surface area contributed by atoms with E-state index in [9.17, 15) is 14.4 Å². The third kappa shape index (κ3) is 5.17. The highest BCUT2D eigenvalue weighted by Gasteiger charge is 2.25. The van der Waals surface area contributed by atoms with Gasteiger partial charge in [0.15, 0.2) is 12.4 Å². The van der Waals surface area contributed by atoms with Crippen molar-refractivity contribution in [2.75, 3.05) is 11.9 Å². The summed E-state index contributed by atoms with van der Waals surface area (Å²) in [6, 6.07) is 25.2. The first-order valence-corrected chi connectivity index (χ1v) is 9.22. The molecule has 0 aliphatic rings. The van der Waals surface area contributed by atoms with Gasteiger partial charge in [0, 0.05) is 5.56 Å². The average Bonchev–Trinajstić information content (AvgIpc) is 2.74. The lowest BCUT2D eigenvalue weighted by Crippen LogP contribution is -2.25. The van der Waals surface area contributed by atoms with Gasteiger partial charge in [-0.1, -0.05) is 72.8 Å². The number of hydrogen-bond donors (Lipinski definition) is 1. The molecule has 1 amide bonds. The second kappa shape index (κ2) is 9.46. The zero-order chi connectivity index (χ0) is 20.6. The number of hydrogen-bond acceptors (Lipinski definition) is 4. The number of rotatable bonds is 7. The van der Waals surface area contributed by atoms with Crippen molar-refractivity contribution in [1.82, 2.24) is 0 Å². The Bertz CT molecular complexity index is 960. The molecule has 0 fully saturated rings. The number of anilines is 1. The lowest BCUT2D eigenvalue weighted by atomic mass is 9.91. The lowest BCUT2D eigenvalue weighted by molar-refractivity contribution is -0.147. The van der Waals surface area contributed by atoms with E-state index in [0.29, 0.717) is 11.3 Å². The quantitative estimate of drug-likeness (QED) is 0.487. The molecule has 3 aromatic carbocycles. The number of carbonyl (C=O) groups excluding carboxylic acids is 3. The molecule has 0 saturated carbocycles. The molecule has 5 heteroatoms. The summed E-state index contributed by atoms with van der Waals surface area (Å²) < 4.78 is 5.31. The van der Waals surface area contributed by atoms with Crippen LogP contribution in [0.3, 0.4) is 0 Å². The molecule has 5 nitrogen and oxygen atoms in total. The van der Waals surface area contributed by atoms with Crippen LogP contribution < -0.4 is 5.32 Å². The monoisotopic (exact) mass is 387 g/mol. The minimum Gasteiger partial charge on any atom is -0.455 e. The zero-order valence-corrected chi connectivity index (χ0v) is 16.0. The number of amides is 1. The van der Waals surface area contributed by atoms with Crippen LogP contribution in [0.4, 0.5) is 5.69 Å². The first kappa shape index (κ1) is 20.0. The number of carbonyl (C=O) groups is 3. The maximum Gasteiger partial charge on any atom is 0.318 e. The number of ether oxygens (including phenoxy) is 1. The van der Waals surface area contributed by atoms with Crippen molar-refractivity contribution >= 4 is 23.3 Å². The van der Waals surface area contributed by atoms with E-state index in [-0.39, 0.29) is 5.78 Å². The summed E-state index contributed by atoms with van der Waals surface area (Å²) in [5, 5.41) is 2.63. The smallest absolute Gasteiger partial charge is 0.318 e. The largest absolute Gasteiger partial charge is 0.455 e. The number of esters is 1. The molecule has 0 aliphatic heterocycles. The maximum absolute atomic E-state index is 12.8. The summed E-state index contributed by atoms with van der Waals surface area (Å²) in [5.74, 6) is -1.81. The van der Waals surface area contributed by atoms with Crippen molar-refractivity contribution in [3.63, 3.8) is 0 Å². The Morgan fingerprint density at radius 3 is 1.86 bits per heavy atom. The average molecular weight is 387 g/mol. The van der Waals surface area contributed by atoms with Crippen LogP contribution in [0.2, 0.25) is 0 Å². The lowest BCUT2D eigenvalue weighted by Gasteiger charge is -2.17. The fourth-order valence-electron chi connectivity index (χ4n) is 3.06. The van der Waals surface area contributed by atoms with Crippen LogP contribution in [0.15, 0.2) is 84.9 Å². The van der Waals surface area contributed by atoms with Crippen molar-refractivity contribution in [2.45, 2.75) is 12.8 Å². The highest BCUT2D eigenvalue weighted by Crippen LogP contribution is 2.26. The molecule has 146 valence electrons. The molecular weight excluding hydrogens is 366 g/mol. The normalized spacial score (nSPS) is 10.4. The van der Waals surface area contributed by atoms with Gasteiger partial charge in [0.1, 0.15) is 5.92 Å². The molecule has 3 aromatic rings. The summed E-state index contributed by atoms with van der Waals surface area (Å²) >= 11 is 0. The van der Waals surface area contributed by atoms with Crippen LogP contribution in [0.1, 0.15) is 34.3 Å². The molecule has 0 spiro atoms. The number of para-hydroxylation sites is 1. The van der Waals surface area contributed by atoms with E-state index >= 15 is 0 Å². The molecular formula is C24H21NO4. The molecule has 0 unspecified atom stereocenters. The van der Waals surface area contributed by atoms with Crippen molar-refractivity contribution in [3.8, 4) is 0 Å². The van der Waals surface area contributed by atoms with Crippen LogP contribution in [0, 0.1) is 0 Å². The zero-order valence-electron chi connectivity index (χ0n) is 16.0. The van der Waals surface area contributed by atoms with Crippen LogP contribution in [0.5, 0.6) is 0 Å². The van der Waals surface area contributed by atoms with E-state index in [0.717, 1.165) is 11.1 Å². The van der Waals surface area contributed by atoms with E-state index in [1.807, 2.05) is 60.7 Å². The van der Waals surface area contributed by atoms with Gasteiger partial charge in [0.2, 0.25) is 0 Å². The number of nitrogens with one attached hydrogen (secondary N) is 1. The fourth-order valence-corrected chi connectivity index (χ4v) is 3.06. The minimum absolute atomic E-state index is 0.161. The first-order valence-electron chi connectivity index (χ1n) is 9.22. The Kier molecular flexibility index (Phi) is 6.53.